The zero-order valence-corrected chi connectivity index (χ0v) is 11.4. The van der Waals surface area contributed by atoms with Crippen LogP contribution in [0.25, 0.3) is 0 Å². The van der Waals surface area contributed by atoms with Crippen LogP contribution in [0, 0.1) is 0 Å². The van der Waals surface area contributed by atoms with E-state index in [-0.39, 0.29) is 5.97 Å². The highest BCUT2D eigenvalue weighted by Crippen LogP contribution is 2.35. The van der Waals surface area contributed by atoms with Crippen molar-refractivity contribution in [2.75, 3.05) is 7.11 Å². The summed E-state index contributed by atoms with van der Waals surface area (Å²) in [4.78, 5) is 12.5. The van der Waals surface area contributed by atoms with Gasteiger partial charge >= 0.3 is 5.97 Å². The fraction of sp³-hybridized carbons (Fsp3) is 0.0833. The summed E-state index contributed by atoms with van der Waals surface area (Å²) in [5.41, 5.74) is 0.609. The molecule has 5 heteroatoms. The van der Waals surface area contributed by atoms with Gasteiger partial charge in [-0.2, -0.15) is 0 Å². The lowest BCUT2D eigenvalue weighted by Crippen LogP contribution is -1.99. The summed E-state index contributed by atoms with van der Waals surface area (Å²) in [5, 5.41) is 2.58. The second kappa shape index (κ2) is 5.58. The zero-order valence-electron chi connectivity index (χ0n) is 8.98. The normalized spacial score (nSPS) is 10.2. The first-order valence-electron chi connectivity index (χ1n) is 4.80. The summed E-state index contributed by atoms with van der Waals surface area (Å²) >= 11 is 8.87. The Kier molecular flexibility index (Phi) is 4.10. The summed E-state index contributed by atoms with van der Waals surface area (Å²) in [6, 6.07) is 9.28. The van der Waals surface area contributed by atoms with Gasteiger partial charge in [0.15, 0.2) is 0 Å². The van der Waals surface area contributed by atoms with Crippen molar-refractivity contribution in [1.29, 1.82) is 0 Å². The number of thiophene rings is 1. The molecule has 0 saturated carbocycles. The molecule has 0 aliphatic carbocycles. The standard InChI is InChI=1S/C12H9ClO2S2/c1-15-11(14)10-6-7-16-12(10)17-9-4-2-8(13)3-5-9/h2-7H,1H3. The van der Waals surface area contributed by atoms with Crippen LogP contribution in [0.2, 0.25) is 5.02 Å². The molecule has 1 aromatic carbocycles. The molecule has 0 unspecified atom stereocenters. The van der Waals surface area contributed by atoms with E-state index in [4.69, 9.17) is 16.3 Å². The molecule has 0 amide bonds. The lowest BCUT2D eigenvalue weighted by atomic mass is 10.3. The zero-order chi connectivity index (χ0) is 12.3. The number of carbonyl (C=O) groups excluding carboxylic acids is 1. The van der Waals surface area contributed by atoms with E-state index in [1.54, 1.807) is 6.07 Å². The predicted molar refractivity (Wildman–Crippen MR) is 71.2 cm³/mol. The molecule has 0 aliphatic heterocycles. The number of hydrogen-bond donors (Lipinski definition) is 0. The molecule has 0 saturated heterocycles. The lowest BCUT2D eigenvalue weighted by molar-refractivity contribution is 0.0598. The quantitative estimate of drug-likeness (QED) is 0.784. The second-order valence-electron chi connectivity index (χ2n) is 3.17. The molecule has 1 aromatic heterocycles. The minimum atomic E-state index is -0.303. The van der Waals surface area contributed by atoms with Crippen LogP contribution < -0.4 is 0 Å². The van der Waals surface area contributed by atoms with E-state index in [0.29, 0.717) is 10.6 Å². The highest BCUT2D eigenvalue weighted by Gasteiger charge is 2.13. The lowest BCUT2D eigenvalue weighted by Gasteiger charge is -2.02. The third-order valence-corrected chi connectivity index (χ3v) is 4.47. The molecule has 88 valence electrons. The molecule has 0 N–H and O–H groups in total. The molecular formula is C12H9ClO2S2. The van der Waals surface area contributed by atoms with E-state index >= 15 is 0 Å². The van der Waals surface area contributed by atoms with Gasteiger partial charge in [0.25, 0.3) is 0 Å². The van der Waals surface area contributed by atoms with Gasteiger partial charge in [-0.15, -0.1) is 11.3 Å². The van der Waals surface area contributed by atoms with Crippen LogP contribution in [0.1, 0.15) is 10.4 Å². The highest BCUT2D eigenvalue weighted by atomic mass is 35.5. The molecule has 17 heavy (non-hydrogen) atoms. The Morgan fingerprint density at radius 2 is 2.00 bits per heavy atom. The Bertz CT molecular complexity index is 520. The van der Waals surface area contributed by atoms with E-state index in [2.05, 4.69) is 0 Å². The fourth-order valence-corrected chi connectivity index (χ4v) is 3.37. The van der Waals surface area contributed by atoms with E-state index in [0.717, 1.165) is 9.10 Å². The Morgan fingerprint density at radius 3 is 2.65 bits per heavy atom. The molecule has 0 radical (unpaired) electrons. The molecule has 0 bridgehead atoms. The molecular weight excluding hydrogens is 276 g/mol. The predicted octanol–water partition coefficient (Wildman–Crippen LogP) is 4.34. The number of benzene rings is 1. The Labute approximate surface area is 113 Å². The molecule has 0 spiro atoms. The maximum Gasteiger partial charge on any atom is 0.339 e. The second-order valence-corrected chi connectivity index (χ2v) is 5.86. The average molecular weight is 285 g/mol. The number of hydrogen-bond acceptors (Lipinski definition) is 4. The van der Waals surface area contributed by atoms with E-state index in [1.807, 2.05) is 29.6 Å². The number of ether oxygens (including phenoxy) is 1. The maximum atomic E-state index is 11.5. The fourth-order valence-electron chi connectivity index (χ4n) is 1.25. The average Bonchev–Trinajstić information content (AvgIpc) is 2.79. The van der Waals surface area contributed by atoms with Gasteiger partial charge in [-0.3, -0.25) is 0 Å². The summed E-state index contributed by atoms with van der Waals surface area (Å²) in [6.45, 7) is 0. The van der Waals surface area contributed by atoms with Gasteiger partial charge in [0, 0.05) is 9.92 Å². The van der Waals surface area contributed by atoms with Gasteiger partial charge in [0.05, 0.1) is 16.9 Å². The van der Waals surface area contributed by atoms with Crippen molar-refractivity contribution in [1.82, 2.24) is 0 Å². The van der Waals surface area contributed by atoms with Gasteiger partial charge in [-0.25, -0.2) is 4.79 Å². The largest absolute Gasteiger partial charge is 0.465 e. The molecule has 2 nitrogen and oxygen atoms in total. The van der Waals surface area contributed by atoms with Gasteiger partial charge in [-0.1, -0.05) is 23.4 Å². The van der Waals surface area contributed by atoms with Crippen LogP contribution >= 0.6 is 34.7 Å². The molecule has 2 aromatic rings. The minimum Gasteiger partial charge on any atom is -0.465 e. The van der Waals surface area contributed by atoms with Crippen LogP contribution in [0.15, 0.2) is 44.8 Å². The smallest absolute Gasteiger partial charge is 0.339 e. The first kappa shape index (κ1) is 12.5. The van der Waals surface area contributed by atoms with Crippen LogP contribution in [0.5, 0.6) is 0 Å². The Morgan fingerprint density at radius 1 is 1.29 bits per heavy atom. The van der Waals surface area contributed by atoms with Crippen LogP contribution in [-0.2, 0) is 4.74 Å². The van der Waals surface area contributed by atoms with Crippen molar-refractivity contribution in [3.8, 4) is 0 Å². The van der Waals surface area contributed by atoms with Crippen LogP contribution in [0.3, 0.4) is 0 Å². The summed E-state index contributed by atoms with van der Waals surface area (Å²) in [7, 11) is 1.39. The molecule has 0 aliphatic rings. The Hall–Kier alpha value is -0.970. The Balaban J connectivity index is 2.21. The third-order valence-electron chi connectivity index (χ3n) is 2.06. The van der Waals surface area contributed by atoms with Gasteiger partial charge in [0.1, 0.15) is 0 Å². The van der Waals surface area contributed by atoms with Crippen molar-refractivity contribution in [2.24, 2.45) is 0 Å². The number of carbonyl (C=O) groups is 1. The van der Waals surface area contributed by atoms with Crippen molar-refractivity contribution >= 4 is 40.7 Å². The summed E-state index contributed by atoms with van der Waals surface area (Å²) in [6.07, 6.45) is 0. The maximum absolute atomic E-state index is 11.5. The number of esters is 1. The van der Waals surface area contributed by atoms with Crippen molar-refractivity contribution in [2.45, 2.75) is 9.10 Å². The topological polar surface area (TPSA) is 26.3 Å². The molecule has 1 heterocycles. The van der Waals surface area contributed by atoms with Gasteiger partial charge in [-0.05, 0) is 35.7 Å². The summed E-state index contributed by atoms with van der Waals surface area (Å²) < 4.78 is 5.66. The van der Waals surface area contributed by atoms with Gasteiger partial charge < -0.3 is 4.74 Å². The first-order valence-corrected chi connectivity index (χ1v) is 6.87. The van der Waals surface area contributed by atoms with Crippen LogP contribution in [-0.4, -0.2) is 13.1 Å². The van der Waals surface area contributed by atoms with E-state index in [1.165, 1.54) is 30.2 Å². The molecule has 2 rings (SSSR count). The SMILES string of the molecule is COC(=O)c1ccsc1Sc1ccc(Cl)cc1. The van der Waals surface area contributed by atoms with Crippen molar-refractivity contribution in [3.63, 3.8) is 0 Å². The minimum absolute atomic E-state index is 0.303. The van der Waals surface area contributed by atoms with Gasteiger partial charge in [0.2, 0.25) is 0 Å². The number of rotatable bonds is 3. The van der Waals surface area contributed by atoms with Crippen molar-refractivity contribution < 1.29 is 9.53 Å². The number of methoxy groups -OCH3 is 1. The molecule has 0 atom stereocenters. The van der Waals surface area contributed by atoms with E-state index < -0.39 is 0 Å². The first-order chi connectivity index (χ1) is 8.20. The monoisotopic (exact) mass is 284 g/mol. The number of halogens is 1. The highest BCUT2D eigenvalue weighted by molar-refractivity contribution is 8.01. The molecule has 0 fully saturated rings. The third kappa shape index (κ3) is 3.03. The van der Waals surface area contributed by atoms with Crippen LogP contribution in [0.4, 0.5) is 0 Å². The van der Waals surface area contributed by atoms with E-state index in [9.17, 15) is 4.79 Å². The summed E-state index contributed by atoms with van der Waals surface area (Å²) in [5.74, 6) is -0.303. The van der Waals surface area contributed by atoms with Crippen molar-refractivity contribution in [3.05, 3.63) is 46.3 Å².